The first-order valence-corrected chi connectivity index (χ1v) is 5.25. The van der Waals surface area contributed by atoms with Crippen LogP contribution in [0.1, 0.15) is 11.4 Å². The summed E-state index contributed by atoms with van der Waals surface area (Å²) < 4.78 is 89.0. The summed E-state index contributed by atoms with van der Waals surface area (Å²) in [6.07, 6.45) is -10.5. The molecule has 0 aromatic carbocycles. The first-order valence-electron chi connectivity index (χ1n) is 4.13. The van der Waals surface area contributed by atoms with Crippen LogP contribution in [0.25, 0.3) is 0 Å². The van der Waals surface area contributed by atoms with E-state index in [0.29, 0.717) is 6.07 Å². The largest absolute Gasteiger partial charge is 0.573 e. The van der Waals surface area contributed by atoms with Crippen LogP contribution in [0.15, 0.2) is 6.07 Å². The molecule has 1 rings (SSSR count). The van der Waals surface area contributed by atoms with Crippen LogP contribution < -0.4 is 4.74 Å². The molecule has 1 heterocycles. The Hall–Kier alpha value is -1.06. The molecule has 0 radical (unpaired) electrons. The van der Waals surface area contributed by atoms with Crippen LogP contribution >= 0.6 is 15.9 Å². The monoisotopic (exact) mass is 341 g/mol. The molecule has 10 heteroatoms. The fourth-order valence-electron chi connectivity index (χ4n) is 1.01. The number of alkyl halides is 7. The summed E-state index contributed by atoms with van der Waals surface area (Å²) in [4.78, 5) is 2.86. The molecular formula is C8H3BrF7NO. The molecule has 0 bridgehead atoms. The maximum atomic E-state index is 13.2. The van der Waals surface area contributed by atoms with E-state index in [9.17, 15) is 30.7 Å². The predicted molar refractivity (Wildman–Crippen MR) is 48.5 cm³/mol. The molecule has 0 amide bonds. The van der Waals surface area contributed by atoms with Crippen LogP contribution in [0.3, 0.4) is 0 Å². The van der Waals surface area contributed by atoms with Gasteiger partial charge in [-0.2, -0.15) is 13.2 Å². The van der Waals surface area contributed by atoms with Crippen molar-refractivity contribution in [2.75, 3.05) is 0 Å². The van der Waals surface area contributed by atoms with Crippen LogP contribution in [0.2, 0.25) is 0 Å². The molecular weight excluding hydrogens is 339 g/mol. The van der Waals surface area contributed by atoms with Gasteiger partial charge in [0.05, 0.1) is 5.69 Å². The van der Waals surface area contributed by atoms with Crippen LogP contribution in [-0.4, -0.2) is 11.3 Å². The zero-order chi connectivity index (χ0) is 14.1. The van der Waals surface area contributed by atoms with E-state index < -0.39 is 35.5 Å². The SMILES string of the molecule is Fc1c(OC(F)(F)F)cc(CBr)nc1C(F)(F)F. The lowest BCUT2D eigenvalue weighted by atomic mass is 10.2. The maximum Gasteiger partial charge on any atom is 0.573 e. The van der Waals surface area contributed by atoms with Gasteiger partial charge in [0.2, 0.25) is 0 Å². The summed E-state index contributed by atoms with van der Waals surface area (Å²) in [7, 11) is 0. The van der Waals surface area contributed by atoms with Crippen LogP contribution in [0.4, 0.5) is 30.7 Å². The Kier molecular flexibility index (Phi) is 4.08. The smallest absolute Gasteiger partial charge is 0.402 e. The average Bonchev–Trinajstić information content (AvgIpc) is 2.17. The van der Waals surface area contributed by atoms with E-state index in [1.54, 1.807) is 0 Å². The molecule has 0 aliphatic rings. The molecule has 0 aliphatic heterocycles. The van der Waals surface area contributed by atoms with E-state index >= 15 is 0 Å². The van der Waals surface area contributed by atoms with Crippen molar-refractivity contribution in [2.45, 2.75) is 17.9 Å². The minimum Gasteiger partial charge on any atom is -0.402 e. The quantitative estimate of drug-likeness (QED) is 0.598. The Morgan fingerprint density at radius 2 is 1.72 bits per heavy atom. The van der Waals surface area contributed by atoms with Crippen molar-refractivity contribution in [3.8, 4) is 5.75 Å². The van der Waals surface area contributed by atoms with Crippen molar-refractivity contribution >= 4 is 15.9 Å². The van der Waals surface area contributed by atoms with Gasteiger partial charge in [0.15, 0.2) is 17.3 Å². The van der Waals surface area contributed by atoms with Gasteiger partial charge < -0.3 is 4.74 Å². The van der Waals surface area contributed by atoms with Gasteiger partial charge >= 0.3 is 12.5 Å². The highest BCUT2D eigenvalue weighted by Crippen LogP contribution is 2.36. The van der Waals surface area contributed by atoms with Crippen molar-refractivity contribution in [3.63, 3.8) is 0 Å². The second-order valence-electron chi connectivity index (χ2n) is 2.95. The molecule has 0 atom stereocenters. The van der Waals surface area contributed by atoms with E-state index in [1.165, 1.54) is 0 Å². The molecule has 18 heavy (non-hydrogen) atoms. The standard InChI is InChI=1S/C8H3BrF7NO/c9-2-3-1-4(18-8(14,15)16)5(10)6(17-3)7(11,12)13/h1H,2H2. The lowest BCUT2D eigenvalue weighted by molar-refractivity contribution is -0.276. The van der Waals surface area contributed by atoms with Gasteiger partial charge in [-0.05, 0) is 0 Å². The fourth-order valence-corrected chi connectivity index (χ4v) is 1.30. The molecule has 1 aromatic rings. The van der Waals surface area contributed by atoms with Gasteiger partial charge in [0, 0.05) is 11.4 Å². The van der Waals surface area contributed by atoms with E-state index in [2.05, 4.69) is 25.7 Å². The maximum absolute atomic E-state index is 13.2. The molecule has 0 saturated carbocycles. The first-order chi connectivity index (χ1) is 8.04. The third kappa shape index (κ3) is 3.72. The van der Waals surface area contributed by atoms with Gasteiger partial charge in [-0.25, -0.2) is 9.37 Å². The Labute approximate surface area is 104 Å². The summed E-state index contributed by atoms with van der Waals surface area (Å²) in [5.74, 6) is -3.77. The topological polar surface area (TPSA) is 22.1 Å². The third-order valence-corrected chi connectivity index (χ3v) is 2.18. The molecule has 0 spiro atoms. The minimum atomic E-state index is -5.30. The molecule has 1 aromatic heterocycles. The predicted octanol–water partition coefficient (Wildman–Crippen LogP) is 4.03. The summed E-state index contributed by atoms with van der Waals surface area (Å²) in [5, 5.41) is -0.287. The lowest BCUT2D eigenvalue weighted by Crippen LogP contribution is -2.20. The zero-order valence-corrected chi connectivity index (χ0v) is 9.75. The van der Waals surface area contributed by atoms with Gasteiger partial charge in [-0.3, -0.25) is 0 Å². The Morgan fingerprint density at radius 1 is 1.17 bits per heavy atom. The van der Waals surface area contributed by atoms with Gasteiger partial charge in [-0.15, -0.1) is 13.2 Å². The summed E-state index contributed by atoms with van der Waals surface area (Å²) in [6.45, 7) is 0. The van der Waals surface area contributed by atoms with E-state index in [4.69, 9.17) is 0 Å². The Balaban J connectivity index is 3.34. The van der Waals surface area contributed by atoms with E-state index in [-0.39, 0.29) is 5.33 Å². The molecule has 0 saturated heterocycles. The van der Waals surface area contributed by atoms with E-state index in [1.807, 2.05) is 0 Å². The number of hydrogen-bond acceptors (Lipinski definition) is 2. The number of halogens is 8. The van der Waals surface area contributed by atoms with E-state index in [0.717, 1.165) is 0 Å². The highest BCUT2D eigenvalue weighted by Gasteiger charge is 2.40. The number of aromatic nitrogens is 1. The van der Waals surface area contributed by atoms with Crippen LogP contribution in [0, 0.1) is 5.82 Å². The summed E-state index contributed by atoms with van der Waals surface area (Å²) >= 11 is 2.71. The van der Waals surface area contributed by atoms with Gasteiger partial charge in [0.1, 0.15) is 0 Å². The first kappa shape index (κ1) is 15.0. The normalized spacial score (nSPS) is 12.7. The zero-order valence-electron chi connectivity index (χ0n) is 8.16. The Bertz CT molecular complexity index is 442. The molecule has 102 valence electrons. The van der Waals surface area contributed by atoms with Gasteiger partial charge in [0.25, 0.3) is 0 Å². The second kappa shape index (κ2) is 4.90. The average molecular weight is 342 g/mol. The molecule has 0 fully saturated rings. The van der Waals surface area contributed by atoms with Crippen LogP contribution in [0.5, 0.6) is 5.75 Å². The summed E-state index contributed by atoms with van der Waals surface area (Å²) in [5.41, 5.74) is -2.50. The summed E-state index contributed by atoms with van der Waals surface area (Å²) in [6, 6.07) is 0.437. The number of pyridine rings is 1. The molecule has 0 aliphatic carbocycles. The molecule has 2 nitrogen and oxygen atoms in total. The number of nitrogens with zero attached hydrogens (tertiary/aromatic N) is 1. The number of hydrogen-bond donors (Lipinski definition) is 0. The van der Waals surface area contributed by atoms with Gasteiger partial charge in [-0.1, -0.05) is 15.9 Å². The lowest BCUT2D eigenvalue weighted by Gasteiger charge is -2.14. The Morgan fingerprint density at radius 3 is 2.11 bits per heavy atom. The number of rotatable bonds is 2. The van der Waals surface area contributed by atoms with Crippen molar-refractivity contribution in [1.82, 2.24) is 4.98 Å². The highest BCUT2D eigenvalue weighted by atomic mass is 79.9. The molecule has 0 N–H and O–H groups in total. The third-order valence-electron chi connectivity index (χ3n) is 1.61. The van der Waals surface area contributed by atoms with Crippen molar-refractivity contribution in [2.24, 2.45) is 0 Å². The number of ether oxygens (including phenoxy) is 1. The van der Waals surface area contributed by atoms with Crippen molar-refractivity contribution < 1.29 is 35.5 Å². The van der Waals surface area contributed by atoms with Crippen molar-refractivity contribution in [1.29, 1.82) is 0 Å². The van der Waals surface area contributed by atoms with Crippen LogP contribution in [-0.2, 0) is 11.5 Å². The second-order valence-corrected chi connectivity index (χ2v) is 3.51. The fraction of sp³-hybridized carbons (Fsp3) is 0.375. The highest BCUT2D eigenvalue weighted by molar-refractivity contribution is 9.08. The minimum absolute atomic E-state index is 0.287. The van der Waals surface area contributed by atoms with Crippen molar-refractivity contribution in [3.05, 3.63) is 23.3 Å². The molecule has 0 unspecified atom stereocenters.